The maximum Gasteiger partial charge on any atom is 0.321 e. The van der Waals surface area contributed by atoms with E-state index in [1.807, 2.05) is 18.2 Å². The number of amides is 3. The summed E-state index contributed by atoms with van der Waals surface area (Å²) in [6.07, 6.45) is 1.27. The molecule has 0 bridgehead atoms. The summed E-state index contributed by atoms with van der Waals surface area (Å²) < 4.78 is 27.0. The molecule has 10 heteroatoms. The molecular formula is C21H19F2N5O2S. The number of urea groups is 1. The number of carbonyl (C=O) groups is 2. The van der Waals surface area contributed by atoms with Crippen molar-refractivity contribution >= 4 is 34.6 Å². The van der Waals surface area contributed by atoms with Gasteiger partial charge in [0.05, 0.1) is 5.69 Å². The summed E-state index contributed by atoms with van der Waals surface area (Å²) in [4.78, 5) is 26.3. The Labute approximate surface area is 181 Å². The van der Waals surface area contributed by atoms with Gasteiger partial charge in [-0.2, -0.15) is 0 Å². The smallest absolute Gasteiger partial charge is 0.321 e. The van der Waals surface area contributed by atoms with Crippen molar-refractivity contribution in [3.05, 3.63) is 70.2 Å². The zero-order chi connectivity index (χ0) is 21.8. The van der Waals surface area contributed by atoms with Gasteiger partial charge in [-0.1, -0.05) is 29.5 Å². The van der Waals surface area contributed by atoms with E-state index in [9.17, 15) is 18.4 Å². The van der Waals surface area contributed by atoms with Crippen molar-refractivity contribution in [2.24, 2.45) is 0 Å². The molecule has 3 amide bonds. The minimum Gasteiger partial charge on any atom is -0.324 e. The summed E-state index contributed by atoms with van der Waals surface area (Å²) >= 11 is 1.24. The number of para-hydroxylation sites is 1. The van der Waals surface area contributed by atoms with E-state index in [1.54, 1.807) is 17.0 Å². The maximum atomic E-state index is 13.7. The molecule has 1 saturated heterocycles. The van der Waals surface area contributed by atoms with Crippen LogP contribution in [0, 0.1) is 11.6 Å². The third-order valence-corrected chi connectivity index (χ3v) is 6.05. The predicted molar refractivity (Wildman–Crippen MR) is 113 cm³/mol. The molecule has 1 fully saturated rings. The van der Waals surface area contributed by atoms with Crippen molar-refractivity contribution in [2.45, 2.75) is 18.8 Å². The van der Waals surface area contributed by atoms with Crippen LogP contribution < -0.4 is 10.6 Å². The Hall–Kier alpha value is -3.40. The number of hydrogen-bond acceptors (Lipinski definition) is 5. The number of nitrogens with one attached hydrogen (secondary N) is 2. The van der Waals surface area contributed by atoms with E-state index in [0.717, 1.165) is 23.2 Å². The molecule has 0 saturated carbocycles. The summed E-state index contributed by atoms with van der Waals surface area (Å²) in [5.41, 5.74) is 0.489. The average molecular weight is 443 g/mol. The molecule has 1 aromatic heterocycles. The van der Waals surface area contributed by atoms with Gasteiger partial charge in [0, 0.05) is 30.8 Å². The third kappa shape index (κ3) is 5.02. The largest absolute Gasteiger partial charge is 0.324 e. The minimum atomic E-state index is -0.695. The highest BCUT2D eigenvalue weighted by Crippen LogP contribution is 2.30. The van der Waals surface area contributed by atoms with Gasteiger partial charge in [0.25, 0.3) is 5.91 Å². The Bertz CT molecular complexity index is 1080. The molecule has 4 rings (SSSR count). The van der Waals surface area contributed by atoms with Crippen LogP contribution >= 0.6 is 11.3 Å². The number of benzene rings is 2. The van der Waals surface area contributed by atoms with Crippen LogP contribution in [0.2, 0.25) is 0 Å². The molecule has 160 valence electrons. The fraction of sp³-hybridized carbons (Fsp3) is 0.238. The van der Waals surface area contributed by atoms with E-state index in [0.29, 0.717) is 31.6 Å². The lowest BCUT2D eigenvalue weighted by Crippen LogP contribution is -2.40. The monoisotopic (exact) mass is 443 g/mol. The van der Waals surface area contributed by atoms with Gasteiger partial charge in [-0.05, 0) is 37.1 Å². The van der Waals surface area contributed by atoms with Crippen LogP contribution in [0.1, 0.15) is 33.6 Å². The number of anilines is 2. The Balaban J connectivity index is 1.32. The van der Waals surface area contributed by atoms with Crippen molar-refractivity contribution in [3.63, 3.8) is 0 Å². The number of nitrogens with zero attached hydrogens (tertiary/aromatic N) is 3. The normalized spacial score (nSPS) is 14.3. The Kier molecular flexibility index (Phi) is 6.17. The van der Waals surface area contributed by atoms with E-state index in [-0.39, 0.29) is 22.5 Å². The topological polar surface area (TPSA) is 87.2 Å². The van der Waals surface area contributed by atoms with Crippen LogP contribution in [-0.2, 0) is 0 Å². The lowest BCUT2D eigenvalue weighted by atomic mass is 9.98. The van der Waals surface area contributed by atoms with Crippen molar-refractivity contribution in [2.75, 3.05) is 23.7 Å². The minimum absolute atomic E-state index is 0.0748. The molecule has 7 nitrogen and oxygen atoms in total. The van der Waals surface area contributed by atoms with Gasteiger partial charge < -0.3 is 15.5 Å². The highest BCUT2D eigenvalue weighted by molar-refractivity contribution is 7.13. The zero-order valence-electron chi connectivity index (χ0n) is 16.3. The molecule has 0 atom stereocenters. The second-order valence-electron chi connectivity index (χ2n) is 7.08. The Morgan fingerprint density at radius 3 is 2.48 bits per heavy atom. The molecule has 0 aliphatic carbocycles. The lowest BCUT2D eigenvalue weighted by molar-refractivity contribution is 0.102. The van der Waals surface area contributed by atoms with Crippen LogP contribution in [-0.4, -0.2) is 40.1 Å². The maximum absolute atomic E-state index is 13.7. The summed E-state index contributed by atoms with van der Waals surface area (Å²) in [7, 11) is 0. The number of rotatable bonds is 4. The third-order valence-electron chi connectivity index (χ3n) is 4.97. The van der Waals surface area contributed by atoms with Gasteiger partial charge in [-0.15, -0.1) is 10.2 Å². The first kappa shape index (κ1) is 20.9. The first-order valence-electron chi connectivity index (χ1n) is 9.70. The van der Waals surface area contributed by atoms with E-state index in [4.69, 9.17) is 0 Å². The number of aromatic nitrogens is 2. The number of halogens is 2. The van der Waals surface area contributed by atoms with Crippen molar-refractivity contribution in [3.8, 4) is 0 Å². The molecule has 1 aliphatic heterocycles. The summed E-state index contributed by atoms with van der Waals surface area (Å²) in [5, 5.41) is 14.4. The van der Waals surface area contributed by atoms with Crippen molar-refractivity contribution in [1.82, 2.24) is 15.1 Å². The van der Waals surface area contributed by atoms with E-state index in [2.05, 4.69) is 20.8 Å². The molecule has 1 aliphatic rings. The standard InChI is InChI=1S/C21H19F2N5O2S/c22-14-6-7-16(23)17(12-14)25-21(30)28-10-8-13(9-11-28)19-26-27-20(31-19)18(29)24-15-4-2-1-3-5-15/h1-7,12-13H,8-11H2,(H,24,29)(H,25,30). The lowest BCUT2D eigenvalue weighted by Gasteiger charge is -2.31. The second-order valence-corrected chi connectivity index (χ2v) is 8.09. The van der Waals surface area contributed by atoms with E-state index in [1.165, 1.54) is 11.3 Å². The van der Waals surface area contributed by atoms with Crippen molar-refractivity contribution < 1.29 is 18.4 Å². The SMILES string of the molecule is O=C(Nc1ccccc1)c1nnc(C2CCN(C(=O)Nc3cc(F)ccc3F)CC2)s1. The van der Waals surface area contributed by atoms with Gasteiger partial charge in [-0.3, -0.25) is 4.79 Å². The molecular weight excluding hydrogens is 424 g/mol. The van der Waals surface area contributed by atoms with Gasteiger partial charge >= 0.3 is 6.03 Å². The predicted octanol–water partition coefficient (Wildman–Crippen LogP) is 4.48. The average Bonchev–Trinajstić information content (AvgIpc) is 3.28. The van der Waals surface area contributed by atoms with Gasteiger partial charge in [0.2, 0.25) is 5.01 Å². The number of piperidine rings is 1. The molecule has 0 radical (unpaired) electrons. The first-order valence-corrected chi connectivity index (χ1v) is 10.5. The van der Waals surface area contributed by atoms with Crippen LogP contribution in [0.25, 0.3) is 0 Å². The quantitative estimate of drug-likeness (QED) is 0.622. The number of hydrogen-bond donors (Lipinski definition) is 2. The van der Waals surface area contributed by atoms with Crippen LogP contribution in [0.4, 0.5) is 25.0 Å². The molecule has 0 spiro atoms. The van der Waals surface area contributed by atoms with Gasteiger partial charge in [0.1, 0.15) is 16.6 Å². The van der Waals surface area contributed by atoms with Gasteiger partial charge in [-0.25, -0.2) is 13.6 Å². The first-order chi connectivity index (χ1) is 15.0. The number of carbonyl (C=O) groups excluding carboxylic acids is 2. The van der Waals surface area contributed by atoms with Crippen LogP contribution in [0.15, 0.2) is 48.5 Å². The van der Waals surface area contributed by atoms with Crippen LogP contribution in [0.3, 0.4) is 0 Å². The highest BCUT2D eigenvalue weighted by Gasteiger charge is 2.27. The van der Waals surface area contributed by atoms with Crippen LogP contribution in [0.5, 0.6) is 0 Å². The Morgan fingerprint density at radius 2 is 1.74 bits per heavy atom. The van der Waals surface area contributed by atoms with E-state index >= 15 is 0 Å². The molecule has 2 N–H and O–H groups in total. The number of likely N-dealkylation sites (tertiary alicyclic amines) is 1. The molecule has 31 heavy (non-hydrogen) atoms. The molecule has 3 aromatic rings. The zero-order valence-corrected chi connectivity index (χ0v) is 17.2. The Morgan fingerprint density at radius 1 is 1.00 bits per heavy atom. The highest BCUT2D eigenvalue weighted by atomic mass is 32.1. The fourth-order valence-electron chi connectivity index (χ4n) is 3.31. The second kappa shape index (κ2) is 9.17. The summed E-state index contributed by atoms with van der Waals surface area (Å²) in [6.45, 7) is 0.858. The molecule has 2 aromatic carbocycles. The fourth-order valence-corrected chi connectivity index (χ4v) is 4.22. The van der Waals surface area contributed by atoms with Gasteiger partial charge in [0.15, 0.2) is 0 Å². The molecule has 2 heterocycles. The molecule has 0 unspecified atom stereocenters. The summed E-state index contributed by atoms with van der Waals surface area (Å²) in [5.74, 6) is -1.56. The summed E-state index contributed by atoms with van der Waals surface area (Å²) in [6, 6.07) is 11.5. The van der Waals surface area contributed by atoms with Crippen molar-refractivity contribution in [1.29, 1.82) is 0 Å². The van der Waals surface area contributed by atoms with E-state index < -0.39 is 17.7 Å².